The normalized spacial score (nSPS) is 25.8. The van der Waals surface area contributed by atoms with Crippen molar-refractivity contribution in [2.75, 3.05) is 13.1 Å². The molecule has 1 aliphatic heterocycles. The highest BCUT2D eigenvalue weighted by molar-refractivity contribution is 5.80. The summed E-state index contributed by atoms with van der Waals surface area (Å²) in [4.78, 5) is 25.9. The van der Waals surface area contributed by atoms with Crippen LogP contribution < -0.4 is 5.32 Å². The Balaban J connectivity index is 1.80. The lowest BCUT2D eigenvalue weighted by Crippen LogP contribution is -2.41. The molecule has 5 heteroatoms. The van der Waals surface area contributed by atoms with E-state index in [9.17, 15) is 9.59 Å². The van der Waals surface area contributed by atoms with E-state index in [4.69, 9.17) is 4.74 Å². The minimum Gasteiger partial charge on any atom is -0.444 e. The van der Waals surface area contributed by atoms with Crippen molar-refractivity contribution in [3.05, 3.63) is 12.2 Å². The predicted octanol–water partition coefficient (Wildman–Crippen LogP) is 2.47. The summed E-state index contributed by atoms with van der Waals surface area (Å²) in [7, 11) is 0. The largest absolute Gasteiger partial charge is 0.444 e. The molecule has 1 saturated heterocycles. The minimum absolute atomic E-state index is 0.0707. The summed E-state index contributed by atoms with van der Waals surface area (Å²) >= 11 is 0. The third kappa shape index (κ3) is 4.76. The van der Waals surface area contributed by atoms with Gasteiger partial charge in [-0.25, -0.2) is 4.79 Å². The molecule has 0 aromatic rings. The van der Waals surface area contributed by atoms with Gasteiger partial charge in [0.05, 0.1) is 5.92 Å². The molecule has 1 aliphatic carbocycles. The summed E-state index contributed by atoms with van der Waals surface area (Å²) in [6.07, 6.45) is 7.61. The first-order chi connectivity index (χ1) is 9.85. The number of carbonyl (C=O) groups is 2. The summed E-state index contributed by atoms with van der Waals surface area (Å²) in [5.41, 5.74) is -0.494. The Morgan fingerprint density at radius 1 is 1.24 bits per heavy atom. The minimum atomic E-state index is -0.494. The summed E-state index contributed by atoms with van der Waals surface area (Å²) in [5.74, 6) is -0.0372. The lowest BCUT2D eigenvalue weighted by atomic mass is 10.0. The van der Waals surface area contributed by atoms with Gasteiger partial charge in [-0.3, -0.25) is 4.79 Å². The number of ether oxygens (including phenoxy) is 1. The Kier molecular flexibility index (Phi) is 4.91. The molecule has 1 fully saturated rings. The van der Waals surface area contributed by atoms with Crippen LogP contribution in [0.1, 0.15) is 46.5 Å². The van der Waals surface area contributed by atoms with Crippen LogP contribution in [0, 0.1) is 5.92 Å². The molecule has 5 nitrogen and oxygen atoms in total. The number of hydrogen-bond acceptors (Lipinski definition) is 3. The molecule has 2 atom stereocenters. The zero-order valence-corrected chi connectivity index (χ0v) is 13.2. The highest BCUT2D eigenvalue weighted by atomic mass is 16.6. The Morgan fingerprint density at radius 2 is 2.00 bits per heavy atom. The first-order valence-electron chi connectivity index (χ1n) is 7.78. The standard InChI is InChI=1S/C16H26N2O3/c1-16(2,3)21-15(20)18-10-9-12(11-18)14(19)17-13-7-5-4-6-8-13/h4-5,12-13H,6-11H2,1-3H3,(H,17,19). The van der Waals surface area contributed by atoms with E-state index < -0.39 is 5.60 Å². The average Bonchev–Trinajstić information content (AvgIpc) is 2.87. The van der Waals surface area contributed by atoms with Crippen LogP contribution in [0.3, 0.4) is 0 Å². The fourth-order valence-electron chi connectivity index (χ4n) is 2.71. The molecule has 0 bridgehead atoms. The molecule has 2 amide bonds. The van der Waals surface area contributed by atoms with Crippen LogP contribution in [0.5, 0.6) is 0 Å². The van der Waals surface area contributed by atoms with Gasteiger partial charge in [-0.05, 0) is 46.5 Å². The van der Waals surface area contributed by atoms with Crippen LogP contribution >= 0.6 is 0 Å². The summed E-state index contributed by atoms with van der Waals surface area (Å²) < 4.78 is 5.35. The average molecular weight is 294 g/mol. The van der Waals surface area contributed by atoms with E-state index >= 15 is 0 Å². The first-order valence-corrected chi connectivity index (χ1v) is 7.78. The van der Waals surface area contributed by atoms with Crippen molar-refractivity contribution in [3.63, 3.8) is 0 Å². The van der Waals surface area contributed by atoms with Crippen LogP contribution in [0.4, 0.5) is 4.79 Å². The summed E-state index contributed by atoms with van der Waals surface area (Å²) in [5, 5.41) is 3.10. The van der Waals surface area contributed by atoms with E-state index in [0.29, 0.717) is 19.5 Å². The molecular weight excluding hydrogens is 268 g/mol. The Hall–Kier alpha value is -1.52. The van der Waals surface area contributed by atoms with E-state index in [0.717, 1.165) is 19.3 Å². The molecule has 0 radical (unpaired) electrons. The molecular formula is C16H26N2O3. The lowest BCUT2D eigenvalue weighted by Gasteiger charge is -2.24. The van der Waals surface area contributed by atoms with Crippen molar-refractivity contribution in [2.45, 2.75) is 58.1 Å². The maximum atomic E-state index is 12.3. The summed E-state index contributed by atoms with van der Waals surface area (Å²) in [6, 6.07) is 0.248. The molecule has 2 unspecified atom stereocenters. The third-order valence-electron chi connectivity index (χ3n) is 3.83. The molecule has 2 aliphatic rings. The molecule has 0 spiro atoms. The van der Waals surface area contributed by atoms with E-state index in [1.807, 2.05) is 20.8 Å². The van der Waals surface area contributed by atoms with Gasteiger partial charge in [0.25, 0.3) is 0 Å². The first kappa shape index (κ1) is 15.9. The topological polar surface area (TPSA) is 58.6 Å². The zero-order chi connectivity index (χ0) is 15.5. The highest BCUT2D eigenvalue weighted by Crippen LogP contribution is 2.20. The van der Waals surface area contributed by atoms with Gasteiger partial charge in [0.2, 0.25) is 5.91 Å². The fourth-order valence-corrected chi connectivity index (χ4v) is 2.71. The third-order valence-corrected chi connectivity index (χ3v) is 3.83. The monoisotopic (exact) mass is 294 g/mol. The molecule has 1 heterocycles. The predicted molar refractivity (Wildman–Crippen MR) is 80.8 cm³/mol. The summed E-state index contributed by atoms with van der Waals surface area (Å²) in [6.45, 7) is 6.60. The van der Waals surface area contributed by atoms with Crippen molar-refractivity contribution in [2.24, 2.45) is 5.92 Å². The molecule has 0 aromatic heterocycles. The quantitative estimate of drug-likeness (QED) is 0.796. The van der Waals surface area contributed by atoms with Crippen molar-refractivity contribution in [1.82, 2.24) is 10.2 Å². The second kappa shape index (κ2) is 6.50. The molecule has 2 rings (SSSR count). The number of rotatable bonds is 2. The highest BCUT2D eigenvalue weighted by Gasteiger charge is 2.34. The van der Waals surface area contributed by atoms with Gasteiger partial charge in [-0.2, -0.15) is 0 Å². The van der Waals surface area contributed by atoms with Crippen LogP contribution in [0.25, 0.3) is 0 Å². The number of allylic oxidation sites excluding steroid dienone is 1. The van der Waals surface area contributed by atoms with Crippen molar-refractivity contribution >= 4 is 12.0 Å². The number of hydrogen-bond donors (Lipinski definition) is 1. The van der Waals surface area contributed by atoms with Crippen LogP contribution in [0.15, 0.2) is 12.2 Å². The number of carbonyl (C=O) groups excluding carboxylic acids is 2. The molecule has 0 aromatic carbocycles. The van der Waals surface area contributed by atoms with E-state index in [1.165, 1.54) is 0 Å². The fraction of sp³-hybridized carbons (Fsp3) is 0.750. The number of likely N-dealkylation sites (tertiary alicyclic amines) is 1. The van der Waals surface area contributed by atoms with E-state index in [2.05, 4.69) is 17.5 Å². The second-order valence-electron chi connectivity index (χ2n) is 6.90. The Bertz CT molecular complexity index is 426. The molecule has 21 heavy (non-hydrogen) atoms. The number of amides is 2. The lowest BCUT2D eigenvalue weighted by molar-refractivity contribution is -0.125. The second-order valence-corrected chi connectivity index (χ2v) is 6.90. The van der Waals surface area contributed by atoms with Gasteiger partial charge in [0, 0.05) is 19.1 Å². The SMILES string of the molecule is CC(C)(C)OC(=O)N1CCC(C(=O)NC2CC=CCC2)C1. The molecule has 1 N–H and O–H groups in total. The molecule has 0 saturated carbocycles. The molecule has 118 valence electrons. The van der Waals surface area contributed by atoms with Crippen LogP contribution in [0.2, 0.25) is 0 Å². The van der Waals surface area contributed by atoms with Crippen molar-refractivity contribution < 1.29 is 14.3 Å². The van der Waals surface area contributed by atoms with Gasteiger partial charge in [-0.1, -0.05) is 12.2 Å². The van der Waals surface area contributed by atoms with Crippen molar-refractivity contribution in [1.29, 1.82) is 0 Å². The zero-order valence-electron chi connectivity index (χ0n) is 13.2. The van der Waals surface area contributed by atoms with E-state index in [-0.39, 0.29) is 24.0 Å². The van der Waals surface area contributed by atoms with Crippen LogP contribution in [-0.4, -0.2) is 41.6 Å². The smallest absolute Gasteiger partial charge is 0.410 e. The number of nitrogens with one attached hydrogen (secondary N) is 1. The maximum Gasteiger partial charge on any atom is 0.410 e. The van der Waals surface area contributed by atoms with Gasteiger partial charge in [0.1, 0.15) is 5.60 Å². The van der Waals surface area contributed by atoms with Crippen molar-refractivity contribution in [3.8, 4) is 0 Å². The van der Waals surface area contributed by atoms with Gasteiger partial charge < -0.3 is 15.0 Å². The van der Waals surface area contributed by atoms with Gasteiger partial charge in [0.15, 0.2) is 0 Å². The Morgan fingerprint density at radius 3 is 2.62 bits per heavy atom. The van der Waals surface area contributed by atoms with Crippen LogP contribution in [-0.2, 0) is 9.53 Å². The van der Waals surface area contributed by atoms with Gasteiger partial charge in [-0.15, -0.1) is 0 Å². The number of nitrogens with zero attached hydrogens (tertiary/aromatic N) is 1. The van der Waals surface area contributed by atoms with E-state index in [1.54, 1.807) is 4.90 Å². The Labute approximate surface area is 126 Å². The maximum absolute atomic E-state index is 12.3. The van der Waals surface area contributed by atoms with Gasteiger partial charge >= 0.3 is 6.09 Å².